The Kier molecular flexibility index (Phi) is 6.10. The van der Waals surface area contributed by atoms with E-state index in [1.165, 1.54) is 6.07 Å². The zero-order valence-electron chi connectivity index (χ0n) is 11.6. The van der Waals surface area contributed by atoms with E-state index in [4.69, 9.17) is 10.4 Å². The number of carboxylic acids is 1. The van der Waals surface area contributed by atoms with Crippen LogP contribution in [0.1, 0.15) is 11.1 Å². The van der Waals surface area contributed by atoms with Crippen LogP contribution < -0.4 is 0 Å². The average molecular weight is 279 g/mol. The number of aliphatic carboxylic acids is 1. The number of likely N-dealkylation sites (N-methyl/N-ethyl adjacent to an activating group) is 1. The molecule has 0 radical (unpaired) electrons. The molecule has 0 aliphatic carbocycles. The monoisotopic (exact) mass is 279 g/mol. The lowest BCUT2D eigenvalue weighted by atomic mass is 10.1. The first kappa shape index (κ1) is 16.1. The first-order valence-electron chi connectivity index (χ1n) is 6.20. The van der Waals surface area contributed by atoms with Gasteiger partial charge in [0, 0.05) is 25.2 Å². The van der Waals surface area contributed by atoms with Crippen molar-refractivity contribution >= 4 is 5.97 Å². The van der Waals surface area contributed by atoms with Gasteiger partial charge in [-0.15, -0.1) is 0 Å². The lowest BCUT2D eigenvalue weighted by molar-refractivity contribution is -0.138. The summed E-state index contributed by atoms with van der Waals surface area (Å²) in [6.07, 6.45) is 0. The molecule has 108 valence electrons. The Morgan fingerprint density at radius 1 is 1.40 bits per heavy atom. The number of benzene rings is 1. The highest BCUT2D eigenvalue weighted by Gasteiger charge is 2.14. The van der Waals surface area contributed by atoms with Gasteiger partial charge in [0.2, 0.25) is 0 Å². The minimum absolute atomic E-state index is 0.0228. The summed E-state index contributed by atoms with van der Waals surface area (Å²) in [6, 6.07) is 6.35. The van der Waals surface area contributed by atoms with Crippen molar-refractivity contribution in [1.82, 2.24) is 9.80 Å². The third kappa shape index (κ3) is 4.96. The molecule has 0 aliphatic heterocycles. The molecule has 0 saturated heterocycles. The molecule has 0 spiro atoms. The molecule has 0 unspecified atom stereocenters. The highest BCUT2D eigenvalue weighted by atomic mass is 19.1. The smallest absolute Gasteiger partial charge is 0.317 e. The van der Waals surface area contributed by atoms with E-state index >= 15 is 0 Å². The second-order valence-corrected chi connectivity index (χ2v) is 4.80. The number of carbonyl (C=O) groups is 1. The van der Waals surface area contributed by atoms with Crippen molar-refractivity contribution in [2.45, 2.75) is 6.54 Å². The number of carboxylic acid groups (broad SMARTS) is 1. The maximum atomic E-state index is 14.0. The van der Waals surface area contributed by atoms with Crippen molar-refractivity contribution < 1.29 is 14.3 Å². The number of rotatable bonds is 7. The molecule has 1 aromatic carbocycles. The summed E-state index contributed by atoms with van der Waals surface area (Å²) in [7, 11) is 3.77. The highest BCUT2D eigenvalue weighted by molar-refractivity contribution is 5.69. The molecule has 0 bridgehead atoms. The molecule has 0 heterocycles. The summed E-state index contributed by atoms with van der Waals surface area (Å²) in [5.74, 6) is -1.53. The number of nitrogens with zero attached hydrogens (tertiary/aromatic N) is 3. The molecule has 0 amide bonds. The van der Waals surface area contributed by atoms with Crippen molar-refractivity contribution in [3.63, 3.8) is 0 Å². The zero-order chi connectivity index (χ0) is 15.1. The van der Waals surface area contributed by atoms with Crippen LogP contribution in [0.3, 0.4) is 0 Å². The second kappa shape index (κ2) is 7.58. The van der Waals surface area contributed by atoms with Gasteiger partial charge in [0.25, 0.3) is 0 Å². The Bertz CT molecular complexity index is 512. The Morgan fingerprint density at radius 2 is 2.10 bits per heavy atom. The third-order valence-electron chi connectivity index (χ3n) is 2.82. The van der Waals surface area contributed by atoms with E-state index in [1.54, 1.807) is 23.1 Å². The first-order chi connectivity index (χ1) is 9.43. The van der Waals surface area contributed by atoms with Gasteiger partial charge < -0.3 is 10.0 Å². The van der Waals surface area contributed by atoms with E-state index in [0.29, 0.717) is 18.7 Å². The molecule has 1 aromatic rings. The van der Waals surface area contributed by atoms with E-state index in [9.17, 15) is 9.18 Å². The van der Waals surface area contributed by atoms with Gasteiger partial charge >= 0.3 is 5.97 Å². The van der Waals surface area contributed by atoms with Crippen LogP contribution in [-0.2, 0) is 11.3 Å². The highest BCUT2D eigenvalue weighted by Crippen LogP contribution is 2.14. The Hall–Kier alpha value is -1.97. The Balaban J connectivity index is 2.83. The fourth-order valence-corrected chi connectivity index (χ4v) is 1.78. The third-order valence-corrected chi connectivity index (χ3v) is 2.82. The minimum atomic E-state index is -0.958. The van der Waals surface area contributed by atoms with Gasteiger partial charge in [-0.05, 0) is 20.2 Å². The van der Waals surface area contributed by atoms with Crippen LogP contribution in [0.4, 0.5) is 4.39 Å². The standard InChI is InChI=1S/C14H18FN3O2/c1-17(2)6-7-18(10-13(19)20)9-12-5-3-4-11(8-16)14(12)15/h3-5H,6-7,9-10H2,1-2H3,(H,19,20). The molecule has 0 aromatic heterocycles. The van der Waals surface area contributed by atoms with Gasteiger partial charge in [0.1, 0.15) is 11.9 Å². The molecule has 0 atom stereocenters. The van der Waals surface area contributed by atoms with Gasteiger partial charge in [0.05, 0.1) is 12.1 Å². The van der Waals surface area contributed by atoms with Crippen molar-refractivity contribution in [3.8, 4) is 6.07 Å². The quantitative estimate of drug-likeness (QED) is 0.811. The van der Waals surface area contributed by atoms with Gasteiger partial charge in [-0.25, -0.2) is 4.39 Å². The van der Waals surface area contributed by atoms with Gasteiger partial charge in [-0.2, -0.15) is 5.26 Å². The fraction of sp³-hybridized carbons (Fsp3) is 0.429. The summed E-state index contributed by atoms with van der Waals surface area (Å²) in [5, 5.41) is 17.7. The van der Waals surface area contributed by atoms with Crippen LogP contribution in [-0.4, -0.2) is 54.6 Å². The molecule has 0 fully saturated rings. The summed E-state index contributed by atoms with van der Waals surface area (Å²) >= 11 is 0. The number of nitriles is 1. The largest absolute Gasteiger partial charge is 0.480 e. The van der Waals surface area contributed by atoms with E-state index in [0.717, 1.165) is 0 Å². The normalized spacial score (nSPS) is 10.8. The van der Waals surface area contributed by atoms with Gasteiger partial charge in [0.15, 0.2) is 0 Å². The van der Waals surface area contributed by atoms with E-state index in [-0.39, 0.29) is 18.7 Å². The van der Waals surface area contributed by atoms with E-state index in [1.807, 2.05) is 19.0 Å². The topological polar surface area (TPSA) is 67.6 Å². The lowest BCUT2D eigenvalue weighted by Gasteiger charge is -2.22. The second-order valence-electron chi connectivity index (χ2n) is 4.80. The first-order valence-corrected chi connectivity index (χ1v) is 6.20. The van der Waals surface area contributed by atoms with Crippen LogP contribution >= 0.6 is 0 Å². The van der Waals surface area contributed by atoms with Crippen LogP contribution in [0.2, 0.25) is 0 Å². The summed E-state index contributed by atoms with van der Waals surface area (Å²) in [5.41, 5.74) is 0.314. The van der Waals surface area contributed by atoms with Crippen LogP contribution in [0.5, 0.6) is 0 Å². The molecular weight excluding hydrogens is 261 g/mol. The summed E-state index contributed by atoms with van der Waals surface area (Å²) in [4.78, 5) is 14.4. The SMILES string of the molecule is CN(C)CCN(CC(=O)O)Cc1cccc(C#N)c1F. The van der Waals surface area contributed by atoms with Crippen molar-refractivity contribution in [1.29, 1.82) is 5.26 Å². The predicted molar refractivity (Wildman–Crippen MR) is 72.6 cm³/mol. The zero-order valence-corrected chi connectivity index (χ0v) is 11.6. The van der Waals surface area contributed by atoms with Gasteiger partial charge in [-0.3, -0.25) is 9.69 Å². The van der Waals surface area contributed by atoms with Crippen LogP contribution in [0.25, 0.3) is 0 Å². The maximum absolute atomic E-state index is 14.0. The lowest BCUT2D eigenvalue weighted by Crippen LogP contribution is -2.35. The Labute approximate surface area is 117 Å². The molecule has 1 N–H and O–H groups in total. The molecule has 6 heteroatoms. The minimum Gasteiger partial charge on any atom is -0.480 e. The van der Waals surface area contributed by atoms with Gasteiger partial charge in [-0.1, -0.05) is 12.1 Å². The van der Waals surface area contributed by atoms with E-state index < -0.39 is 11.8 Å². The summed E-state index contributed by atoms with van der Waals surface area (Å²) in [6.45, 7) is 1.19. The number of halogens is 1. The fourth-order valence-electron chi connectivity index (χ4n) is 1.78. The molecule has 1 rings (SSSR count). The predicted octanol–water partition coefficient (Wildman–Crippen LogP) is 1.15. The molecule has 0 aliphatic rings. The summed E-state index contributed by atoms with van der Waals surface area (Å²) < 4.78 is 14.0. The Morgan fingerprint density at radius 3 is 2.65 bits per heavy atom. The van der Waals surface area contributed by atoms with Crippen LogP contribution in [0.15, 0.2) is 18.2 Å². The van der Waals surface area contributed by atoms with E-state index in [2.05, 4.69) is 0 Å². The maximum Gasteiger partial charge on any atom is 0.317 e. The van der Waals surface area contributed by atoms with Crippen molar-refractivity contribution in [2.75, 3.05) is 33.7 Å². The number of hydrogen-bond donors (Lipinski definition) is 1. The van der Waals surface area contributed by atoms with Crippen molar-refractivity contribution in [2.24, 2.45) is 0 Å². The average Bonchev–Trinajstić information content (AvgIpc) is 2.37. The van der Waals surface area contributed by atoms with Crippen LogP contribution in [0, 0.1) is 17.1 Å². The molecule has 5 nitrogen and oxygen atoms in total. The molecule has 0 saturated carbocycles. The number of hydrogen-bond acceptors (Lipinski definition) is 4. The molecule has 20 heavy (non-hydrogen) atoms. The molecular formula is C14H18FN3O2. The van der Waals surface area contributed by atoms with Crippen molar-refractivity contribution in [3.05, 3.63) is 35.1 Å².